The van der Waals surface area contributed by atoms with Crippen LogP contribution in [-0.4, -0.2) is 26.8 Å². The molecule has 0 saturated carbocycles. The number of sulfonamides is 1. The summed E-state index contributed by atoms with van der Waals surface area (Å²) in [6.07, 6.45) is 2.71. The lowest BCUT2D eigenvalue weighted by atomic mass is 10.1. The predicted molar refractivity (Wildman–Crippen MR) is 130 cm³/mol. The number of nitrogens with zero attached hydrogens (tertiary/aromatic N) is 2. The number of carbonyl (C=O) groups is 1. The highest BCUT2D eigenvalue weighted by atomic mass is 35.5. The Morgan fingerprint density at radius 1 is 1.00 bits per heavy atom. The first-order chi connectivity index (χ1) is 15.1. The van der Waals surface area contributed by atoms with E-state index in [1.54, 1.807) is 54.6 Å². The van der Waals surface area contributed by atoms with Crippen molar-refractivity contribution >= 4 is 39.4 Å². The Hall–Kier alpha value is -3.16. The number of benzene rings is 3. The van der Waals surface area contributed by atoms with Crippen LogP contribution in [0.4, 0.5) is 5.69 Å². The van der Waals surface area contributed by atoms with E-state index in [9.17, 15) is 13.2 Å². The number of hydrogen-bond acceptors (Lipinski definition) is 4. The summed E-state index contributed by atoms with van der Waals surface area (Å²) < 4.78 is 26.2. The molecular weight excluding hydrogens is 446 g/mol. The van der Waals surface area contributed by atoms with Gasteiger partial charge in [0.2, 0.25) is 10.0 Å². The van der Waals surface area contributed by atoms with Crippen molar-refractivity contribution in [3.8, 4) is 0 Å². The van der Waals surface area contributed by atoms with Crippen LogP contribution in [0.2, 0.25) is 5.02 Å². The number of nitrogens with one attached hydrogen (secondary N) is 1. The second kappa shape index (κ2) is 9.97. The maximum absolute atomic E-state index is 12.4. The summed E-state index contributed by atoms with van der Waals surface area (Å²) in [7, 11) is -3.49. The number of carbonyl (C=O) groups excluding carboxylic acids is 1. The van der Waals surface area contributed by atoms with E-state index >= 15 is 0 Å². The minimum Gasteiger partial charge on any atom is -0.267 e. The SMILES string of the molecule is Cc1ccc(N(Cc2ccc(C(=O)N/N=C\c3ccc(Cl)cc3)cc2)S(C)(=O)=O)cc1C. The Morgan fingerprint density at radius 2 is 1.66 bits per heavy atom. The van der Waals surface area contributed by atoms with Gasteiger partial charge in [-0.05, 0) is 72.5 Å². The van der Waals surface area contributed by atoms with Gasteiger partial charge in [-0.2, -0.15) is 5.10 Å². The largest absolute Gasteiger partial charge is 0.271 e. The van der Waals surface area contributed by atoms with E-state index < -0.39 is 10.0 Å². The van der Waals surface area contributed by atoms with Crippen LogP contribution in [0.25, 0.3) is 0 Å². The molecule has 0 saturated heterocycles. The number of hydrogen-bond donors (Lipinski definition) is 1. The highest BCUT2D eigenvalue weighted by molar-refractivity contribution is 7.92. The smallest absolute Gasteiger partial charge is 0.267 e. The van der Waals surface area contributed by atoms with E-state index in [2.05, 4.69) is 10.5 Å². The first-order valence-electron chi connectivity index (χ1n) is 9.86. The molecule has 0 unspecified atom stereocenters. The zero-order valence-corrected chi connectivity index (χ0v) is 19.6. The van der Waals surface area contributed by atoms with E-state index in [0.29, 0.717) is 16.3 Å². The Bertz CT molecular complexity index is 1240. The molecule has 32 heavy (non-hydrogen) atoms. The molecule has 1 N–H and O–H groups in total. The monoisotopic (exact) mass is 469 g/mol. The van der Waals surface area contributed by atoms with Crippen molar-refractivity contribution in [1.29, 1.82) is 0 Å². The highest BCUT2D eigenvalue weighted by Gasteiger charge is 2.18. The molecule has 6 nitrogen and oxygen atoms in total. The molecular formula is C24H24ClN3O3S. The van der Waals surface area contributed by atoms with Crippen LogP contribution in [0.5, 0.6) is 0 Å². The topological polar surface area (TPSA) is 78.8 Å². The van der Waals surface area contributed by atoms with Gasteiger partial charge in [0.25, 0.3) is 5.91 Å². The summed E-state index contributed by atoms with van der Waals surface area (Å²) in [4.78, 5) is 12.3. The van der Waals surface area contributed by atoms with E-state index in [1.165, 1.54) is 16.8 Å². The van der Waals surface area contributed by atoms with Gasteiger partial charge in [0.15, 0.2) is 0 Å². The number of amides is 1. The van der Waals surface area contributed by atoms with E-state index in [1.807, 2.05) is 26.0 Å². The molecule has 3 aromatic carbocycles. The molecule has 166 valence electrons. The fourth-order valence-corrected chi connectivity index (χ4v) is 3.99. The molecule has 0 aromatic heterocycles. The van der Waals surface area contributed by atoms with E-state index in [4.69, 9.17) is 11.6 Å². The van der Waals surface area contributed by atoms with Gasteiger partial charge < -0.3 is 0 Å². The highest BCUT2D eigenvalue weighted by Crippen LogP contribution is 2.23. The van der Waals surface area contributed by atoms with Crippen LogP contribution < -0.4 is 9.73 Å². The molecule has 3 rings (SSSR count). The molecule has 8 heteroatoms. The van der Waals surface area contributed by atoms with Gasteiger partial charge in [0.05, 0.1) is 24.7 Å². The minimum atomic E-state index is -3.49. The third-order valence-corrected chi connectivity index (χ3v) is 6.36. The lowest BCUT2D eigenvalue weighted by Crippen LogP contribution is -2.29. The predicted octanol–water partition coefficient (Wildman–Crippen LogP) is 4.69. The van der Waals surface area contributed by atoms with Gasteiger partial charge in [0, 0.05) is 10.6 Å². The fraction of sp³-hybridized carbons (Fsp3) is 0.167. The Balaban J connectivity index is 1.69. The summed E-state index contributed by atoms with van der Waals surface area (Å²) in [6.45, 7) is 4.09. The van der Waals surface area contributed by atoms with Crippen molar-refractivity contribution in [3.05, 3.63) is 99.6 Å². The third-order valence-electron chi connectivity index (χ3n) is 4.97. The second-order valence-electron chi connectivity index (χ2n) is 7.49. The Kier molecular flexibility index (Phi) is 7.33. The van der Waals surface area contributed by atoms with Crippen LogP contribution in [0.1, 0.15) is 32.6 Å². The van der Waals surface area contributed by atoms with Gasteiger partial charge in [-0.3, -0.25) is 9.10 Å². The molecule has 0 radical (unpaired) electrons. The van der Waals surface area contributed by atoms with Crippen molar-refractivity contribution in [2.24, 2.45) is 5.10 Å². The summed E-state index contributed by atoms with van der Waals surface area (Å²) >= 11 is 5.84. The maximum atomic E-state index is 12.4. The fourth-order valence-electron chi connectivity index (χ4n) is 2.99. The van der Waals surface area contributed by atoms with Gasteiger partial charge in [-0.15, -0.1) is 0 Å². The third kappa shape index (κ3) is 6.18. The summed E-state index contributed by atoms with van der Waals surface area (Å²) in [5.74, 6) is -0.365. The molecule has 0 atom stereocenters. The number of aryl methyl sites for hydroxylation is 2. The molecule has 0 aliphatic carbocycles. The van der Waals surface area contributed by atoms with Crippen LogP contribution in [0.15, 0.2) is 71.8 Å². The number of anilines is 1. The zero-order valence-electron chi connectivity index (χ0n) is 18.0. The van der Waals surface area contributed by atoms with Crippen molar-refractivity contribution < 1.29 is 13.2 Å². The molecule has 0 aliphatic heterocycles. The summed E-state index contributed by atoms with van der Waals surface area (Å²) in [5.41, 5.74) is 7.17. The van der Waals surface area contributed by atoms with Gasteiger partial charge in [0.1, 0.15) is 0 Å². The van der Waals surface area contributed by atoms with Crippen molar-refractivity contribution in [2.75, 3.05) is 10.6 Å². The number of halogens is 1. The van der Waals surface area contributed by atoms with Gasteiger partial charge >= 0.3 is 0 Å². The maximum Gasteiger partial charge on any atom is 0.271 e. The average Bonchev–Trinajstić information content (AvgIpc) is 2.75. The molecule has 0 bridgehead atoms. The standard InChI is InChI=1S/C24H24ClN3O3S/c1-17-4-13-23(14-18(17)2)28(32(3,30)31)16-20-5-9-21(10-6-20)24(29)27-26-15-19-7-11-22(25)12-8-19/h4-15H,16H2,1-3H3,(H,27,29)/b26-15-. The van der Waals surface area contributed by atoms with Crippen LogP contribution >= 0.6 is 11.6 Å². The lowest BCUT2D eigenvalue weighted by molar-refractivity contribution is 0.0955. The number of hydrazone groups is 1. The van der Waals surface area contributed by atoms with Crippen LogP contribution in [0.3, 0.4) is 0 Å². The zero-order chi connectivity index (χ0) is 23.3. The van der Waals surface area contributed by atoms with E-state index in [-0.39, 0.29) is 12.5 Å². The number of rotatable bonds is 7. The molecule has 0 aliphatic rings. The molecule has 0 fully saturated rings. The van der Waals surface area contributed by atoms with Crippen molar-refractivity contribution in [1.82, 2.24) is 5.43 Å². The lowest BCUT2D eigenvalue weighted by Gasteiger charge is -2.23. The average molecular weight is 470 g/mol. The molecule has 0 heterocycles. The molecule has 0 spiro atoms. The normalized spacial score (nSPS) is 11.5. The van der Waals surface area contributed by atoms with E-state index in [0.717, 1.165) is 22.3 Å². The van der Waals surface area contributed by atoms with Crippen molar-refractivity contribution in [3.63, 3.8) is 0 Å². The van der Waals surface area contributed by atoms with Gasteiger partial charge in [-0.1, -0.05) is 41.9 Å². The van der Waals surface area contributed by atoms with Crippen LogP contribution in [0, 0.1) is 13.8 Å². The van der Waals surface area contributed by atoms with Crippen molar-refractivity contribution in [2.45, 2.75) is 20.4 Å². The minimum absolute atomic E-state index is 0.165. The quantitative estimate of drug-likeness (QED) is 0.403. The summed E-state index contributed by atoms with van der Waals surface area (Å²) in [5, 5.41) is 4.57. The Labute approximate surface area is 193 Å². The van der Waals surface area contributed by atoms with Crippen LogP contribution in [-0.2, 0) is 16.6 Å². The first-order valence-corrected chi connectivity index (χ1v) is 12.1. The molecule has 1 amide bonds. The van der Waals surface area contributed by atoms with Gasteiger partial charge in [-0.25, -0.2) is 13.8 Å². The first kappa shape index (κ1) is 23.5. The Morgan fingerprint density at radius 3 is 2.25 bits per heavy atom. The second-order valence-corrected chi connectivity index (χ2v) is 9.83. The summed E-state index contributed by atoms with van der Waals surface area (Å²) in [6, 6.07) is 19.4. The molecule has 3 aromatic rings.